The van der Waals surface area contributed by atoms with E-state index in [1.165, 1.54) is 34.4 Å². The van der Waals surface area contributed by atoms with Crippen LogP contribution < -0.4 is 9.64 Å². The van der Waals surface area contributed by atoms with E-state index in [0.29, 0.717) is 23.4 Å². The zero-order valence-corrected chi connectivity index (χ0v) is 19.8. The summed E-state index contributed by atoms with van der Waals surface area (Å²) in [6.45, 7) is 4.28. The van der Waals surface area contributed by atoms with Crippen LogP contribution in [0.3, 0.4) is 0 Å². The Bertz CT molecular complexity index is 1490. The molecule has 6 nitrogen and oxygen atoms in total. The third-order valence-electron chi connectivity index (χ3n) is 5.82. The van der Waals surface area contributed by atoms with Crippen LogP contribution in [0.2, 0.25) is 0 Å². The summed E-state index contributed by atoms with van der Waals surface area (Å²) in [6, 6.07) is 16.9. The monoisotopic (exact) mass is 488 g/mol. The fraction of sp³-hybridized carbons (Fsp3) is 0.148. The van der Waals surface area contributed by atoms with Gasteiger partial charge in [-0.2, -0.15) is 0 Å². The molecule has 3 aromatic carbocycles. The molecule has 1 saturated heterocycles. The van der Waals surface area contributed by atoms with Crippen molar-refractivity contribution in [3.63, 3.8) is 0 Å². The van der Waals surface area contributed by atoms with Gasteiger partial charge in [-0.25, -0.2) is 9.37 Å². The fourth-order valence-electron chi connectivity index (χ4n) is 4.17. The number of aryl methyl sites for hydroxylation is 1. The number of halogens is 1. The van der Waals surface area contributed by atoms with Crippen molar-refractivity contribution in [3.05, 3.63) is 94.8 Å². The lowest BCUT2D eigenvalue weighted by atomic mass is 9.95. The maximum absolute atomic E-state index is 15.0. The van der Waals surface area contributed by atoms with E-state index in [4.69, 9.17) is 4.74 Å². The summed E-state index contributed by atoms with van der Waals surface area (Å²) in [5, 5.41) is 11.4. The average molecular weight is 489 g/mol. The maximum Gasteiger partial charge on any atom is 0.301 e. The number of nitrogens with zero attached hydrogens (tertiary/aromatic N) is 2. The smallest absolute Gasteiger partial charge is 0.301 e. The molecule has 4 aromatic rings. The van der Waals surface area contributed by atoms with Gasteiger partial charge in [0, 0.05) is 11.1 Å². The Morgan fingerprint density at radius 2 is 1.86 bits per heavy atom. The summed E-state index contributed by atoms with van der Waals surface area (Å²) in [5.41, 5.74) is 1.90. The third-order valence-corrected chi connectivity index (χ3v) is 6.84. The summed E-state index contributed by atoms with van der Waals surface area (Å²) in [5.74, 6) is -2.17. The maximum atomic E-state index is 15.0. The number of anilines is 1. The molecule has 2 heterocycles. The lowest BCUT2D eigenvalue weighted by Gasteiger charge is -2.23. The summed E-state index contributed by atoms with van der Waals surface area (Å²) < 4.78 is 21.3. The number of aliphatic hydroxyl groups is 1. The molecule has 8 heteroatoms. The molecule has 5 rings (SSSR count). The van der Waals surface area contributed by atoms with Gasteiger partial charge in [-0.15, -0.1) is 0 Å². The molecule has 176 valence electrons. The third kappa shape index (κ3) is 3.95. The van der Waals surface area contributed by atoms with E-state index in [1.807, 2.05) is 32.0 Å². The molecule has 1 amide bonds. The highest BCUT2D eigenvalue weighted by Gasteiger charge is 2.49. The molecule has 0 aliphatic carbocycles. The van der Waals surface area contributed by atoms with E-state index in [2.05, 4.69) is 4.98 Å². The van der Waals surface area contributed by atoms with Crippen molar-refractivity contribution in [2.24, 2.45) is 0 Å². The first-order valence-corrected chi connectivity index (χ1v) is 11.9. The van der Waals surface area contributed by atoms with Gasteiger partial charge < -0.3 is 9.84 Å². The molecule has 0 spiro atoms. The van der Waals surface area contributed by atoms with Gasteiger partial charge in [0.25, 0.3) is 5.78 Å². The highest BCUT2D eigenvalue weighted by molar-refractivity contribution is 7.22. The minimum absolute atomic E-state index is 0.0922. The molecule has 0 saturated carbocycles. The molecule has 1 unspecified atom stereocenters. The number of rotatable bonds is 5. The minimum atomic E-state index is -1.18. The number of hydrogen-bond donors (Lipinski definition) is 1. The Morgan fingerprint density at radius 1 is 1.11 bits per heavy atom. The van der Waals surface area contributed by atoms with E-state index in [0.717, 1.165) is 10.3 Å². The van der Waals surface area contributed by atoms with Gasteiger partial charge in [0.05, 0.1) is 22.4 Å². The molecular weight excluding hydrogens is 467 g/mol. The number of hydrogen-bond acceptors (Lipinski definition) is 6. The van der Waals surface area contributed by atoms with E-state index < -0.39 is 23.5 Å². The van der Waals surface area contributed by atoms with E-state index in [-0.39, 0.29) is 22.0 Å². The first-order valence-electron chi connectivity index (χ1n) is 11.0. The number of benzene rings is 3. The molecule has 1 fully saturated rings. The zero-order valence-electron chi connectivity index (χ0n) is 19.0. The Morgan fingerprint density at radius 3 is 2.57 bits per heavy atom. The Kier molecular flexibility index (Phi) is 5.82. The van der Waals surface area contributed by atoms with Crippen molar-refractivity contribution in [2.75, 3.05) is 11.5 Å². The van der Waals surface area contributed by atoms with Gasteiger partial charge in [0.2, 0.25) is 0 Å². The Labute approximate surface area is 204 Å². The van der Waals surface area contributed by atoms with Crippen molar-refractivity contribution in [3.8, 4) is 5.75 Å². The number of carbonyl (C=O) groups excluding carboxylic acids is 2. The molecule has 1 aromatic heterocycles. The summed E-state index contributed by atoms with van der Waals surface area (Å²) >= 11 is 1.23. The first-order chi connectivity index (χ1) is 16.9. The lowest BCUT2D eigenvalue weighted by molar-refractivity contribution is -0.132. The number of carbonyl (C=O) groups is 2. The van der Waals surface area contributed by atoms with Crippen LogP contribution >= 0.6 is 11.3 Å². The van der Waals surface area contributed by atoms with Crippen molar-refractivity contribution in [2.45, 2.75) is 19.9 Å². The highest BCUT2D eigenvalue weighted by atomic mass is 32.1. The summed E-state index contributed by atoms with van der Waals surface area (Å²) in [7, 11) is 0. The van der Waals surface area contributed by atoms with E-state index >= 15 is 4.39 Å². The number of ether oxygens (including phenoxy) is 1. The van der Waals surface area contributed by atoms with Crippen molar-refractivity contribution < 1.29 is 23.8 Å². The molecule has 1 atom stereocenters. The molecule has 0 bridgehead atoms. The number of thiazole rings is 1. The quantitative estimate of drug-likeness (QED) is 0.219. The SMILES string of the molecule is CCOc1ccc(C(O)=C2C(=O)C(=O)N(c3nc4ccc(C)cc4s3)C2c2ccccc2F)cc1. The average Bonchev–Trinajstić information content (AvgIpc) is 3.37. The number of aromatic nitrogens is 1. The second kappa shape index (κ2) is 8.96. The van der Waals surface area contributed by atoms with Gasteiger partial charge >= 0.3 is 5.91 Å². The van der Waals surface area contributed by atoms with Gasteiger partial charge in [-0.05, 0) is 61.9 Å². The van der Waals surface area contributed by atoms with Crippen LogP contribution in [0, 0.1) is 12.7 Å². The number of aliphatic hydroxyl groups excluding tert-OH is 1. The van der Waals surface area contributed by atoms with Gasteiger partial charge in [0.1, 0.15) is 23.4 Å². The minimum Gasteiger partial charge on any atom is -0.507 e. The van der Waals surface area contributed by atoms with Crippen LogP contribution in [0.4, 0.5) is 9.52 Å². The molecular formula is C27H21FN2O4S. The number of ketones is 1. The Hall–Kier alpha value is -4.04. The Balaban J connectivity index is 1.70. The number of amides is 1. The largest absolute Gasteiger partial charge is 0.507 e. The van der Waals surface area contributed by atoms with Crippen molar-refractivity contribution in [1.29, 1.82) is 0 Å². The first kappa shape index (κ1) is 22.7. The topological polar surface area (TPSA) is 79.7 Å². The lowest BCUT2D eigenvalue weighted by Crippen LogP contribution is -2.29. The van der Waals surface area contributed by atoms with Gasteiger partial charge in [-0.3, -0.25) is 14.5 Å². The van der Waals surface area contributed by atoms with Crippen molar-refractivity contribution in [1.82, 2.24) is 4.98 Å². The van der Waals surface area contributed by atoms with E-state index in [9.17, 15) is 14.7 Å². The standard InChI is InChI=1S/C27H21FN2O4S/c1-3-34-17-11-9-16(10-12-17)24(31)22-23(18-6-4-5-7-19(18)28)30(26(33)25(22)32)27-29-20-13-8-15(2)14-21(20)35-27/h4-14,23,31H,3H2,1-2H3. The number of Topliss-reactive ketones (excluding diaryl/α,β-unsaturated/α-hetero) is 1. The van der Waals surface area contributed by atoms with Crippen LogP contribution in [0.15, 0.2) is 72.3 Å². The highest BCUT2D eigenvalue weighted by Crippen LogP contribution is 2.45. The van der Waals surface area contributed by atoms with Crippen molar-refractivity contribution >= 4 is 44.1 Å². The summed E-state index contributed by atoms with van der Waals surface area (Å²) in [6.07, 6.45) is 0. The fourth-order valence-corrected chi connectivity index (χ4v) is 5.27. The van der Waals surface area contributed by atoms with Crippen LogP contribution in [0.5, 0.6) is 5.75 Å². The van der Waals surface area contributed by atoms with E-state index in [1.54, 1.807) is 30.3 Å². The predicted molar refractivity (Wildman–Crippen MR) is 133 cm³/mol. The number of fused-ring (bicyclic) bond motifs is 1. The second-order valence-electron chi connectivity index (χ2n) is 8.12. The van der Waals surface area contributed by atoms with Gasteiger partial charge in [-0.1, -0.05) is 35.6 Å². The molecule has 0 radical (unpaired) electrons. The normalized spacial score (nSPS) is 17.3. The molecule has 1 aliphatic rings. The predicted octanol–water partition coefficient (Wildman–Crippen LogP) is 5.77. The van der Waals surface area contributed by atoms with Crippen LogP contribution in [0.25, 0.3) is 16.0 Å². The van der Waals surface area contributed by atoms with Crippen LogP contribution in [-0.2, 0) is 9.59 Å². The van der Waals surface area contributed by atoms with Gasteiger partial charge in [0.15, 0.2) is 5.13 Å². The summed E-state index contributed by atoms with van der Waals surface area (Å²) in [4.78, 5) is 32.3. The molecule has 1 aliphatic heterocycles. The zero-order chi connectivity index (χ0) is 24.7. The van der Waals surface area contributed by atoms with Crippen LogP contribution in [0.1, 0.15) is 29.7 Å². The molecule has 1 N–H and O–H groups in total. The van der Waals surface area contributed by atoms with Crippen LogP contribution in [-0.4, -0.2) is 28.4 Å². The molecule has 35 heavy (non-hydrogen) atoms. The second-order valence-corrected chi connectivity index (χ2v) is 9.12.